The summed E-state index contributed by atoms with van der Waals surface area (Å²) in [6, 6.07) is 16.9. The van der Waals surface area contributed by atoms with Gasteiger partial charge in [0.2, 0.25) is 0 Å². The van der Waals surface area contributed by atoms with Crippen LogP contribution in [-0.2, 0) is 6.42 Å². The number of hydrogen-bond acceptors (Lipinski definition) is 5. The first-order valence-electron chi connectivity index (χ1n) is 9.09. The van der Waals surface area contributed by atoms with E-state index in [4.69, 9.17) is 16.0 Å². The van der Waals surface area contributed by atoms with Crippen LogP contribution in [0.3, 0.4) is 0 Å². The Kier molecular flexibility index (Phi) is 5.20. The van der Waals surface area contributed by atoms with Gasteiger partial charge in [-0.15, -0.1) is 0 Å². The third-order valence-corrected chi connectivity index (χ3v) is 4.87. The topological polar surface area (TPSA) is 98.3 Å². The summed E-state index contributed by atoms with van der Waals surface area (Å²) in [6.07, 6.45) is 0.523. The fourth-order valence-corrected chi connectivity index (χ4v) is 3.24. The van der Waals surface area contributed by atoms with Crippen molar-refractivity contribution in [3.05, 3.63) is 98.4 Å². The maximum absolute atomic E-state index is 12.5. The van der Waals surface area contributed by atoms with Crippen LogP contribution in [0.15, 0.2) is 65.1 Å². The van der Waals surface area contributed by atoms with Crippen molar-refractivity contribution < 1.29 is 14.1 Å². The minimum Gasteiger partial charge on any atom is -0.440 e. The molecule has 3 aromatic carbocycles. The van der Waals surface area contributed by atoms with Gasteiger partial charge in [-0.1, -0.05) is 23.7 Å². The largest absolute Gasteiger partial charge is 0.440 e. The number of nitrogens with zero attached hydrogens (tertiary/aromatic N) is 2. The lowest BCUT2D eigenvalue weighted by atomic mass is 10.1. The fraction of sp³-hybridized carbons (Fsp3) is 0.0909. The van der Waals surface area contributed by atoms with Crippen molar-refractivity contribution in [2.24, 2.45) is 0 Å². The van der Waals surface area contributed by atoms with Crippen LogP contribution in [0.25, 0.3) is 11.1 Å². The molecule has 0 spiro atoms. The molecule has 4 rings (SSSR count). The number of benzene rings is 3. The van der Waals surface area contributed by atoms with Crippen molar-refractivity contribution >= 4 is 40.0 Å². The Morgan fingerprint density at radius 3 is 2.60 bits per heavy atom. The average molecular weight is 422 g/mol. The number of fused-ring (bicyclic) bond motifs is 1. The summed E-state index contributed by atoms with van der Waals surface area (Å²) in [4.78, 5) is 27.5. The summed E-state index contributed by atoms with van der Waals surface area (Å²) >= 11 is 5.91. The highest BCUT2D eigenvalue weighted by Gasteiger charge is 2.15. The van der Waals surface area contributed by atoms with Gasteiger partial charge in [-0.25, -0.2) is 4.98 Å². The molecule has 4 aromatic rings. The molecular weight excluding hydrogens is 406 g/mol. The van der Waals surface area contributed by atoms with Gasteiger partial charge in [-0.05, 0) is 55.0 Å². The van der Waals surface area contributed by atoms with Gasteiger partial charge in [-0.3, -0.25) is 14.9 Å². The van der Waals surface area contributed by atoms with E-state index in [0.717, 1.165) is 5.56 Å². The van der Waals surface area contributed by atoms with Crippen molar-refractivity contribution in [3.8, 4) is 0 Å². The third kappa shape index (κ3) is 4.16. The highest BCUT2D eigenvalue weighted by Crippen LogP contribution is 2.23. The highest BCUT2D eigenvalue weighted by molar-refractivity contribution is 6.30. The Morgan fingerprint density at radius 1 is 1.13 bits per heavy atom. The Balaban J connectivity index is 1.52. The zero-order valence-corrected chi connectivity index (χ0v) is 16.6. The fourth-order valence-electron chi connectivity index (χ4n) is 3.11. The van der Waals surface area contributed by atoms with Gasteiger partial charge in [0, 0.05) is 34.3 Å². The lowest BCUT2D eigenvalue weighted by Gasteiger charge is -2.06. The van der Waals surface area contributed by atoms with Crippen molar-refractivity contribution in [1.29, 1.82) is 0 Å². The van der Waals surface area contributed by atoms with Crippen LogP contribution in [-0.4, -0.2) is 15.8 Å². The molecule has 0 saturated heterocycles. The number of nitro benzene ring substituents is 1. The first-order valence-corrected chi connectivity index (χ1v) is 9.47. The van der Waals surface area contributed by atoms with Gasteiger partial charge in [0.1, 0.15) is 5.52 Å². The van der Waals surface area contributed by atoms with E-state index in [1.165, 1.54) is 18.2 Å². The van der Waals surface area contributed by atoms with E-state index in [1.54, 1.807) is 25.1 Å². The van der Waals surface area contributed by atoms with Crippen molar-refractivity contribution in [2.75, 3.05) is 5.32 Å². The standard InChI is InChI=1S/C22H16ClN3O4/c1-13-10-15(4-8-19(13)26(28)29)22(27)24-17-7-9-20-18(12-17)25-21(30-20)11-14-2-5-16(23)6-3-14/h2-10,12H,11H2,1H3,(H,24,27). The molecule has 0 aliphatic carbocycles. The number of carbonyl (C=O) groups excluding carboxylic acids is 1. The number of nitrogens with one attached hydrogen (secondary N) is 1. The Hall–Kier alpha value is -3.71. The average Bonchev–Trinajstić information content (AvgIpc) is 3.11. The number of aromatic nitrogens is 1. The van der Waals surface area contributed by atoms with E-state index < -0.39 is 4.92 Å². The number of oxazole rings is 1. The summed E-state index contributed by atoms with van der Waals surface area (Å²) in [5, 5.41) is 14.4. The predicted molar refractivity (Wildman–Crippen MR) is 114 cm³/mol. The monoisotopic (exact) mass is 421 g/mol. The van der Waals surface area contributed by atoms with E-state index in [-0.39, 0.29) is 11.6 Å². The molecule has 0 fully saturated rings. The minimum absolute atomic E-state index is 0.0243. The number of aryl methyl sites for hydroxylation is 1. The molecule has 0 saturated carbocycles. The molecule has 1 amide bonds. The second-order valence-corrected chi connectivity index (χ2v) is 7.24. The van der Waals surface area contributed by atoms with Gasteiger partial charge in [-0.2, -0.15) is 0 Å². The molecule has 8 heteroatoms. The summed E-state index contributed by atoms with van der Waals surface area (Å²) in [7, 11) is 0. The Labute approximate surface area is 176 Å². The van der Waals surface area contributed by atoms with Crippen LogP contribution in [0.2, 0.25) is 5.02 Å². The Bertz CT molecular complexity index is 1270. The van der Waals surface area contributed by atoms with E-state index in [2.05, 4.69) is 10.3 Å². The second kappa shape index (κ2) is 7.96. The molecule has 150 valence electrons. The molecule has 1 aromatic heterocycles. The summed E-state index contributed by atoms with van der Waals surface area (Å²) in [5.74, 6) is 0.194. The lowest BCUT2D eigenvalue weighted by molar-refractivity contribution is -0.385. The van der Waals surface area contributed by atoms with Gasteiger partial charge >= 0.3 is 0 Å². The summed E-state index contributed by atoms with van der Waals surface area (Å²) in [5.41, 5.74) is 3.54. The molecule has 1 heterocycles. The van der Waals surface area contributed by atoms with Crippen molar-refractivity contribution in [2.45, 2.75) is 13.3 Å². The SMILES string of the molecule is Cc1cc(C(=O)Nc2ccc3oc(Cc4ccc(Cl)cc4)nc3c2)ccc1[N+](=O)[O-]. The second-order valence-electron chi connectivity index (χ2n) is 6.81. The van der Waals surface area contributed by atoms with Crippen LogP contribution in [0.1, 0.15) is 27.4 Å². The third-order valence-electron chi connectivity index (χ3n) is 4.61. The molecule has 0 atom stereocenters. The number of halogens is 1. The first-order chi connectivity index (χ1) is 14.4. The van der Waals surface area contributed by atoms with E-state index in [9.17, 15) is 14.9 Å². The molecular formula is C22H16ClN3O4. The highest BCUT2D eigenvalue weighted by atomic mass is 35.5. The van der Waals surface area contributed by atoms with Crippen molar-refractivity contribution in [3.63, 3.8) is 0 Å². The molecule has 0 aliphatic rings. The molecule has 1 N–H and O–H groups in total. The van der Waals surface area contributed by atoms with Gasteiger partial charge < -0.3 is 9.73 Å². The maximum atomic E-state index is 12.5. The normalized spacial score (nSPS) is 10.9. The first kappa shape index (κ1) is 19.6. The van der Waals surface area contributed by atoms with Crippen LogP contribution >= 0.6 is 11.6 Å². The minimum atomic E-state index is -0.475. The molecule has 30 heavy (non-hydrogen) atoms. The van der Waals surface area contributed by atoms with Gasteiger partial charge in [0.25, 0.3) is 11.6 Å². The molecule has 0 aliphatic heterocycles. The summed E-state index contributed by atoms with van der Waals surface area (Å²) < 4.78 is 5.78. The predicted octanol–water partition coefficient (Wildman–Crippen LogP) is 5.54. The maximum Gasteiger partial charge on any atom is 0.272 e. The van der Waals surface area contributed by atoms with Crippen LogP contribution < -0.4 is 5.32 Å². The van der Waals surface area contributed by atoms with E-state index >= 15 is 0 Å². The van der Waals surface area contributed by atoms with E-state index in [1.807, 2.05) is 24.3 Å². The Morgan fingerprint density at radius 2 is 1.90 bits per heavy atom. The quantitative estimate of drug-likeness (QED) is 0.337. The van der Waals surface area contributed by atoms with E-state index in [0.29, 0.717) is 45.2 Å². The summed E-state index contributed by atoms with van der Waals surface area (Å²) in [6.45, 7) is 1.60. The molecule has 0 radical (unpaired) electrons. The number of nitro groups is 1. The lowest BCUT2D eigenvalue weighted by Crippen LogP contribution is -2.12. The molecule has 7 nitrogen and oxygen atoms in total. The molecule has 0 bridgehead atoms. The number of amides is 1. The zero-order chi connectivity index (χ0) is 21.3. The van der Waals surface area contributed by atoms with Crippen LogP contribution in [0.4, 0.5) is 11.4 Å². The van der Waals surface area contributed by atoms with Gasteiger partial charge in [0.15, 0.2) is 11.5 Å². The molecule has 0 unspecified atom stereocenters. The zero-order valence-electron chi connectivity index (χ0n) is 15.9. The van der Waals surface area contributed by atoms with Crippen LogP contribution in [0.5, 0.6) is 0 Å². The van der Waals surface area contributed by atoms with Gasteiger partial charge in [0.05, 0.1) is 4.92 Å². The smallest absolute Gasteiger partial charge is 0.272 e. The number of anilines is 1. The van der Waals surface area contributed by atoms with Crippen molar-refractivity contribution in [1.82, 2.24) is 4.98 Å². The van der Waals surface area contributed by atoms with Crippen LogP contribution in [0, 0.1) is 17.0 Å². The number of carbonyl (C=O) groups is 1. The number of rotatable bonds is 5. The number of hydrogen-bond donors (Lipinski definition) is 1.